The van der Waals surface area contributed by atoms with Crippen molar-refractivity contribution in [3.8, 4) is 0 Å². The normalized spacial score (nSPS) is 46.5. The van der Waals surface area contributed by atoms with E-state index in [4.69, 9.17) is 0 Å². The van der Waals surface area contributed by atoms with Crippen molar-refractivity contribution in [2.24, 2.45) is 5.92 Å². The second kappa shape index (κ2) is 2.98. The van der Waals surface area contributed by atoms with Gasteiger partial charge in [0.25, 0.3) is 0 Å². The van der Waals surface area contributed by atoms with Gasteiger partial charge in [-0.15, -0.1) is 0 Å². The van der Waals surface area contributed by atoms with Crippen LogP contribution in [0.25, 0.3) is 0 Å². The Morgan fingerprint density at radius 2 is 2.42 bits per heavy atom. The van der Waals surface area contributed by atoms with Crippen LogP contribution in [0, 0.1) is 5.92 Å². The monoisotopic (exact) mass is 170 g/mol. The lowest BCUT2D eigenvalue weighted by Crippen LogP contribution is -2.57. The van der Waals surface area contributed by atoms with E-state index in [0.29, 0.717) is 12.5 Å². The molecule has 0 aromatic heterocycles. The molecule has 0 aliphatic carbocycles. The number of fused-ring (bicyclic) bond motifs is 2. The summed E-state index contributed by atoms with van der Waals surface area (Å²) >= 11 is 0. The molecule has 0 amide bonds. The lowest BCUT2D eigenvalue weighted by molar-refractivity contribution is 0.0717. The van der Waals surface area contributed by atoms with E-state index in [9.17, 15) is 5.11 Å². The van der Waals surface area contributed by atoms with Crippen LogP contribution in [0.3, 0.4) is 0 Å². The predicted molar refractivity (Wildman–Crippen MR) is 48.0 cm³/mol. The number of aliphatic hydroxyl groups excluding tert-OH is 1. The van der Waals surface area contributed by atoms with Crippen LogP contribution in [0.4, 0.5) is 0 Å². The summed E-state index contributed by atoms with van der Waals surface area (Å²) in [4.78, 5) is 2.50. The molecule has 3 atom stereocenters. The lowest BCUT2D eigenvalue weighted by Gasteiger charge is -2.41. The van der Waals surface area contributed by atoms with Crippen LogP contribution in [-0.4, -0.2) is 48.8 Å². The molecule has 0 radical (unpaired) electrons. The minimum atomic E-state index is 0.0347. The molecule has 0 aromatic rings. The molecule has 2 saturated heterocycles. The first-order chi connectivity index (χ1) is 5.80. The van der Waals surface area contributed by atoms with Gasteiger partial charge in [-0.2, -0.15) is 0 Å². The summed E-state index contributed by atoms with van der Waals surface area (Å²) in [6.45, 7) is 3.86. The summed E-state index contributed by atoms with van der Waals surface area (Å²) in [5.74, 6) is 0.668. The molecule has 2 aliphatic heterocycles. The quantitative estimate of drug-likeness (QED) is 0.595. The van der Waals surface area contributed by atoms with Gasteiger partial charge < -0.3 is 15.3 Å². The largest absolute Gasteiger partial charge is 0.394 e. The fourth-order valence-corrected chi connectivity index (χ4v) is 2.66. The molecule has 70 valence electrons. The minimum absolute atomic E-state index is 0.0347. The van der Waals surface area contributed by atoms with Crippen LogP contribution >= 0.6 is 0 Å². The van der Waals surface area contributed by atoms with Gasteiger partial charge in [0.15, 0.2) is 0 Å². The highest BCUT2D eigenvalue weighted by atomic mass is 16.3. The molecule has 2 N–H and O–H groups in total. The van der Waals surface area contributed by atoms with Crippen molar-refractivity contribution in [2.45, 2.75) is 18.4 Å². The van der Waals surface area contributed by atoms with Crippen LogP contribution < -0.4 is 5.32 Å². The molecule has 2 heterocycles. The van der Waals surface area contributed by atoms with Gasteiger partial charge in [0.2, 0.25) is 0 Å². The molecule has 0 aromatic carbocycles. The first-order valence-electron chi connectivity index (χ1n) is 4.83. The van der Waals surface area contributed by atoms with Crippen LogP contribution in [0.15, 0.2) is 0 Å². The highest BCUT2D eigenvalue weighted by Gasteiger charge is 2.44. The number of hydrogen-bond donors (Lipinski definition) is 2. The van der Waals surface area contributed by atoms with Gasteiger partial charge in [-0.05, 0) is 38.9 Å². The number of piperidine rings is 1. The van der Waals surface area contributed by atoms with Gasteiger partial charge in [0.05, 0.1) is 6.61 Å². The predicted octanol–water partition coefficient (Wildman–Crippen LogP) is -0.338. The molecule has 12 heavy (non-hydrogen) atoms. The van der Waals surface area contributed by atoms with E-state index in [1.807, 2.05) is 7.05 Å². The maximum Gasteiger partial charge on any atom is 0.0616 e. The van der Waals surface area contributed by atoms with Crippen molar-refractivity contribution in [3.63, 3.8) is 0 Å². The Kier molecular flexibility index (Phi) is 2.10. The van der Waals surface area contributed by atoms with E-state index in [0.717, 1.165) is 13.0 Å². The van der Waals surface area contributed by atoms with E-state index in [2.05, 4.69) is 10.2 Å². The Morgan fingerprint density at radius 1 is 1.58 bits per heavy atom. The first-order valence-corrected chi connectivity index (χ1v) is 4.83. The fraction of sp³-hybridized carbons (Fsp3) is 1.00. The average molecular weight is 170 g/mol. The average Bonchev–Trinajstić information content (AvgIpc) is 2.52. The standard InChI is InChI=1S/C9H18N2O/c1-10-9(7-12)3-5-11-4-2-8(9)6-11/h8,10,12H,2-7H2,1H3. The van der Waals surface area contributed by atoms with Crippen LogP contribution in [0.2, 0.25) is 0 Å². The number of nitrogens with one attached hydrogen (secondary N) is 1. The second-order valence-electron chi connectivity index (χ2n) is 4.10. The minimum Gasteiger partial charge on any atom is -0.394 e. The number of likely N-dealkylation sites (N-methyl/N-ethyl adjacent to an activating group) is 1. The molecule has 2 fully saturated rings. The maximum atomic E-state index is 9.38. The van der Waals surface area contributed by atoms with Gasteiger partial charge in [-0.3, -0.25) is 0 Å². The molecule has 3 nitrogen and oxygen atoms in total. The van der Waals surface area contributed by atoms with Crippen molar-refractivity contribution in [1.82, 2.24) is 10.2 Å². The Balaban J connectivity index is 2.13. The zero-order valence-corrected chi connectivity index (χ0v) is 7.71. The Labute approximate surface area is 73.8 Å². The summed E-state index contributed by atoms with van der Waals surface area (Å²) in [6.07, 6.45) is 2.35. The summed E-state index contributed by atoms with van der Waals surface area (Å²) in [7, 11) is 1.98. The molecule has 3 unspecified atom stereocenters. The molecule has 3 heteroatoms. The number of aliphatic hydroxyl groups is 1. The molecule has 0 saturated carbocycles. The molecular formula is C9H18N2O. The number of nitrogens with zero attached hydrogens (tertiary/aromatic N) is 1. The van der Waals surface area contributed by atoms with Gasteiger partial charge in [-0.1, -0.05) is 0 Å². The Hall–Kier alpha value is -0.120. The molecule has 2 rings (SSSR count). The van der Waals surface area contributed by atoms with Crippen LogP contribution in [0.5, 0.6) is 0 Å². The topological polar surface area (TPSA) is 35.5 Å². The fourth-order valence-electron chi connectivity index (χ4n) is 2.66. The zero-order chi connectivity index (χ0) is 8.60. The van der Waals surface area contributed by atoms with Gasteiger partial charge in [-0.25, -0.2) is 0 Å². The summed E-state index contributed by atoms with van der Waals surface area (Å²) in [5, 5.41) is 12.7. The molecule has 0 spiro atoms. The lowest BCUT2D eigenvalue weighted by atomic mass is 9.79. The van der Waals surface area contributed by atoms with Gasteiger partial charge in [0, 0.05) is 12.1 Å². The highest BCUT2D eigenvalue weighted by Crippen LogP contribution is 2.34. The smallest absolute Gasteiger partial charge is 0.0616 e. The summed E-state index contributed by atoms with van der Waals surface area (Å²) in [5.41, 5.74) is 0.0347. The maximum absolute atomic E-state index is 9.38. The Bertz CT molecular complexity index is 168. The third-order valence-electron chi connectivity index (χ3n) is 3.71. The van der Waals surface area contributed by atoms with Crippen molar-refractivity contribution in [3.05, 3.63) is 0 Å². The van der Waals surface area contributed by atoms with E-state index in [1.54, 1.807) is 0 Å². The molecular weight excluding hydrogens is 152 g/mol. The van der Waals surface area contributed by atoms with Crippen molar-refractivity contribution in [2.75, 3.05) is 33.3 Å². The molecule has 2 bridgehead atoms. The number of rotatable bonds is 2. The van der Waals surface area contributed by atoms with Crippen molar-refractivity contribution >= 4 is 0 Å². The van der Waals surface area contributed by atoms with E-state index in [-0.39, 0.29) is 5.54 Å². The van der Waals surface area contributed by atoms with Crippen molar-refractivity contribution in [1.29, 1.82) is 0 Å². The van der Waals surface area contributed by atoms with Gasteiger partial charge >= 0.3 is 0 Å². The van der Waals surface area contributed by atoms with E-state index in [1.165, 1.54) is 19.5 Å². The summed E-state index contributed by atoms with van der Waals surface area (Å²) in [6, 6.07) is 0. The van der Waals surface area contributed by atoms with Crippen molar-refractivity contribution < 1.29 is 5.11 Å². The summed E-state index contributed by atoms with van der Waals surface area (Å²) < 4.78 is 0. The highest BCUT2D eigenvalue weighted by molar-refractivity contribution is 5.02. The second-order valence-corrected chi connectivity index (χ2v) is 4.10. The molecule has 2 aliphatic rings. The zero-order valence-electron chi connectivity index (χ0n) is 7.71. The third-order valence-corrected chi connectivity index (χ3v) is 3.71. The van der Waals surface area contributed by atoms with Gasteiger partial charge in [0.1, 0.15) is 0 Å². The SMILES string of the molecule is CNC1(CO)CCN2CCC1C2. The first kappa shape index (κ1) is 8.48. The van der Waals surface area contributed by atoms with Crippen LogP contribution in [-0.2, 0) is 0 Å². The van der Waals surface area contributed by atoms with E-state index >= 15 is 0 Å². The third kappa shape index (κ3) is 1.08. The van der Waals surface area contributed by atoms with E-state index < -0.39 is 0 Å². The van der Waals surface area contributed by atoms with Crippen LogP contribution in [0.1, 0.15) is 12.8 Å². The Morgan fingerprint density at radius 3 is 3.08 bits per heavy atom. The number of hydrogen-bond acceptors (Lipinski definition) is 3.